The van der Waals surface area contributed by atoms with Gasteiger partial charge in [0.2, 0.25) is 5.91 Å². The van der Waals surface area contributed by atoms with E-state index in [1.165, 1.54) is 6.07 Å². The SMILES string of the molecule is Cc1ccc(NC(=O)C2CC2)cc1NC(=O)c1cc([N+](=O)[O-])c(C)s1. The fourth-order valence-electron chi connectivity index (χ4n) is 2.37. The lowest BCUT2D eigenvalue weighted by Crippen LogP contribution is -2.15. The number of anilines is 2. The predicted octanol–water partition coefficient (Wildman–Crippen LogP) is 3.87. The fraction of sp³-hybridized carbons (Fsp3) is 0.294. The standard InChI is InChI=1S/C17H17N3O4S/c1-9-3-6-12(18-16(21)11-4-5-11)7-13(9)19-17(22)15-8-14(20(23)24)10(2)25-15/h3,6-8,11H,4-5H2,1-2H3,(H,18,21)(H,19,22). The Morgan fingerprint density at radius 3 is 2.52 bits per heavy atom. The third kappa shape index (κ3) is 3.85. The molecule has 130 valence electrons. The molecule has 1 aromatic heterocycles. The first-order valence-electron chi connectivity index (χ1n) is 7.83. The average Bonchev–Trinajstić information content (AvgIpc) is 3.32. The molecule has 1 aliphatic carbocycles. The Kier molecular flexibility index (Phi) is 4.54. The largest absolute Gasteiger partial charge is 0.326 e. The lowest BCUT2D eigenvalue weighted by Gasteiger charge is -2.11. The summed E-state index contributed by atoms with van der Waals surface area (Å²) in [5.74, 6) is -0.324. The minimum absolute atomic E-state index is 0.00867. The van der Waals surface area contributed by atoms with E-state index in [0.29, 0.717) is 16.3 Å². The number of rotatable bonds is 5. The Balaban J connectivity index is 1.77. The first kappa shape index (κ1) is 17.1. The smallest absolute Gasteiger partial charge is 0.283 e. The molecule has 0 spiro atoms. The van der Waals surface area contributed by atoms with Crippen molar-refractivity contribution in [2.75, 3.05) is 10.6 Å². The van der Waals surface area contributed by atoms with E-state index in [1.807, 2.05) is 6.92 Å². The van der Waals surface area contributed by atoms with E-state index in [-0.39, 0.29) is 22.4 Å². The van der Waals surface area contributed by atoms with Gasteiger partial charge < -0.3 is 10.6 Å². The highest BCUT2D eigenvalue weighted by Gasteiger charge is 2.29. The van der Waals surface area contributed by atoms with Crippen LogP contribution in [-0.2, 0) is 4.79 Å². The van der Waals surface area contributed by atoms with Gasteiger partial charge in [0.1, 0.15) is 0 Å². The van der Waals surface area contributed by atoms with Crippen LogP contribution in [0, 0.1) is 29.9 Å². The van der Waals surface area contributed by atoms with Gasteiger partial charge in [0.25, 0.3) is 11.6 Å². The molecule has 3 rings (SSSR count). The molecule has 1 aromatic carbocycles. The van der Waals surface area contributed by atoms with Gasteiger partial charge in [0, 0.05) is 23.4 Å². The Bertz CT molecular complexity index is 871. The summed E-state index contributed by atoms with van der Waals surface area (Å²) in [5, 5.41) is 16.5. The van der Waals surface area contributed by atoms with Gasteiger partial charge in [-0.05, 0) is 44.4 Å². The second-order valence-electron chi connectivity index (χ2n) is 6.06. The van der Waals surface area contributed by atoms with Crippen molar-refractivity contribution in [3.63, 3.8) is 0 Å². The van der Waals surface area contributed by atoms with E-state index in [2.05, 4.69) is 10.6 Å². The van der Waals surface area contributed by atoms with E-state index in [0.717, 1.165) is 29.7 Å². The Morgan fingerprint density at radius 1 is 1.20 bits per heavy atom. The van der Waals surface area contributed by atoms with E-state index >= 15 is 0 Å². The highest BCUT2D eigenvalue weighted by molar-refractivity contribution is 7.14. The molecule has 2 N–H and O–H groups in total. The first-order valence-corrected chi connectivity index (χ1v) is 8.64. The summed E-state index contributed by atoms with van der Waals surface area (Å²) < 4.78 is 0. The number of nitro groups is 1. The molecule has 1 aliphatic rings. The molecule has 0 saturated heterocycles. The minimum atomic E-state index is -0.498. The first-order chi connectivity index (χ1) is 11.8. The van der Waals surface area contributed by atoms with Gasteiger partial charge in [-0.1, -0.05) is 6.07 Å². The second kappa shape index (κ2) is 6.64. The average molecular weight is 359 g/mol. The van der Waals surface area contributed by atoms with Crippen LogP contribution >= 0.6 is 11.3 Å². The Hall–Kier alpha value is -2.74. The number of nitrogens with zero attached hydrogens (tertiary/aromatic N) is 1. The molecule has 0 unspecified atom stereocenters. The molecule has 0 atom stereocenters. The molecule has 0 bridgehead atoms. The number of amides is 2. The lowest BCUT2D eigenvalue weighted by atomic mass is 10.1. The van der Waals surface area contributed by atoms with E-state index in [4.69, 9.17) is 0 Å². The molecule has 1 heterocycles. The molecule has 25 heavy (non-hydrogen) atoms. The maximum atomic E-state index is 12.4. The number of hydrogen-bond acceptors (Lipinski definition) is 5. The Labute approximate surface area is 148 Å². The van der Waals surface area contributed by atoms with Crippen LogP contribution in [0.3, 0.4) is 0 Å². The molecule has 8 heteroatoms. The number of carbonyl (C=O) groups excluding carboxylic acids is 2. The Morgan fingerprint density at radius 2 is 1.92 bits per heavy atom. The molecule has 7 nitrogen and oxygen atoms in total. The van der Waals surface area contributed by atoms with Gasteiger partial charge in [-0.15, -0.1) is 11.3 Å². The number of carbonyl (C=O) groups is 2. The summed E-state index contributed by atoms with van der Waals surface area (Å²) >= 11 is 1.08. The van der Waals surface area contributed by atoms with E-state index in [1.54, 1.807) is 25.1 Å². The van der Waals surface area contributed by atoms with Crippen LogP contribution < -0.4 is 10.6 Å². The second-order valence-corrected chi connectivity index (χ2v) is 7.31. The topological polar surface area (TPSA) is 101 Å². The number of aryl methyl sites for hydroxylation is 2. The van der Waals surface area contributed by atoms with Crippen molar-refractivity contribution in [1.29, 1.82) is 0 Å². The molecule has 1 fully saturated rings. The van der Waals surface area contributed by atoms with Crippen LogP contribution in [0.2, 0.25) is 0 Å². The van der Waals surface area contributed by atoms with E-state index < -0.39 is 10.8 Å². The summed E-state index contributed by atoms with van der Waals surface area (Å²) in [5.41, 5.74) is 1.95. The van der Waals surface area contributed by atoms with Crippen LogP contribution in [0.15, 0.2) is 24.3 Å². The van der Waals surface area contributed by atoms with Crippen molar-refractivity contribution < 1.29 is 14.5 Å². The minimum Gasteiger partial charge on any atom is -0.326 e. The third-order valence-corrected chi connectivity index (χ3v) is 5.05. The fourth-order valence-corrected chi connectivity index (χ4v) is 3.26. The van der Waals surface area contributed by atoms with E-state index in [9.17, 15) is 19.7 Å². The van der Waals surface area contributed by atoms with Crippen molar-refractivity contribution >= 4 is 40.2 Å². The van der Waals surface area contributed by atoms with Crippen molar-refractivity contribution in [3.8, 4) is 0 Å². The summed E-state index contributed by atoms with van der Waals surface area (Å²) in [6.45, 7) is 3.45. The van der Waals surface area contributed by atoms with Crippen molar-refractivity contribution in [2.45, 2.75) is 26.7 Å². The maximum absolute atomic E-state index is 12.4. The molecule has 0 radical (unpaired) electrons. The molecule has 2 amide bonds. The van der Waals surface area contributed by atoms with Crippen LogP contribution in [0.5, 0.6) is 0 Å². The van der Waals surface area contributed by atoms with Crippen molar-refractivity contribution in [1.82, 2.24) is 0 Å². The quantitative estimate of drug-likeness (QED) is 0.625. The number of thiophene rings is 1. The summed E-state index contributed by atoms with van der Waals surface area (Å²) in [6, 6.07) is 6.57. The number of nitrogens with one attached hydrogen (secondary N) is 2. The lowest BCUT2D eigenvalue weighted by molar-refractivity contribution is -0.385. The zero-order valence-electron chi connectivity index (χ0n) is 13.8. The van der Waals surface area contributed by atoms with Crippen molar-refractivity contribution in [2.24, 2.45) is 5.92 Å². The molecule has 0 aliphatic heterocycles. The van der Waals surface area contributed by atoms with Gasteiger partial charge in [-0.2, -0.15) is 0 Å². The molecule has 1 saturated carbocycles. The van der Waals surface area contributed by atoms with Crippen LogP contribution in [0.25, 0.3) is 0 Å². The summed E-state index contributed by atoms with van der Waals surface area (Å²) in [6.07, 6.45) is 1.83. The number of hydrogen-bond donors (Lipinski definition) is 2. The van der Waals surface area contributed by atoms with Gasteiger partial charge in [-0.25, -0.2) is 0 Å². The molecule has 2 aromatic rings. The van der Waals surface area contributed by atoms with Crippen LogP contribution in [0.1, 0.15) is 33.0 Å². The van der Waals surface area contributed by atoms with Crippen LogP contribution in [-0.4, -0.2) is 16.7 Å². The highest BCUT2D eigenvalue weighted by atomic mass is 32.1. The van der Waals surface area contributed by atoms with Gasteiger partial charge in [-0.3, -0.25) is 19.7 Å². The maximum Gasteiger partial charge on any atom is 0.283 e. The summed E-state index contributed by atoms with van der Waals surface area (Å²) in [4.78, 5) is 35.4. The normalized spacial score (nSPS) is 13.4. The molecular weight excluding hydrogens is 342 g/mol. The van der Waals surface area contributed by atoms with Gasteiger partial charge in [0.05, 0.1) is 14.7 Å². The third-order valence-electron chi connectivity index (χ3n) is 4.01. The van der Waals surface area contributed by atoms with Gasteiger partial charge >= 0.3 is 0 Å². The van der Waals surface area contributed by atoms with Crippen LogP contribution in [0.4, 0.5) is 17.1 Å². The monoisotopic (exact) mass is 359 g/mol. The predicted molar refractivity (Wildman–Crippen MR) is 96.2 cm³/mol. The summed E-state index contributed by atoms with van der Waals surface area (Å²) in [7, 11) is 0. The zero-order chi connectivity index (χ0) is 18.1. The highest BCUT2D eigenvalue weighted by Crippen LogP contribution is 2.31. The number of benzene rings is 1. The zero-order valence-corrected chi connectivity index (χ0v) is 14.6. The van der Waals surface area contributed by atoms with Gasteiger partial charge in [0.15, 0.2) is 0 Å². The van der Waals surface area contributed by atoms with Crippen molar-refractivity contribution in [3.05, 3.63) is 49.7 Å². The molecular formula is C17H17N3O4S.